The van der Waals surface area contributed by atoms with E-state index in [4.69, 9.17) is 4.74 Å². The van der Waals surface area contributed by atoms with Crippen molar-refractivity contribution in [1.29, 1.82) is 0 Å². The number of rotatable bonds is 2. The molecule has 0 N–H and O–H groups in total. The Morgan fingerprint density at radius 1 is 1.18 bits per heavy atom. The van der Waals surface area contributed by atoms with Crippen molar-refractivity contribution < 1.29 is 13.5 Å². The van der Waals surface area contributed by atoms with E-state index in [0.29, 0.717) is 5.56 Å². The lowest BCUT2D eigenvalue weighted by Gasteiger charge is -2.39. The van der Waals surface area contributed by atoms with Gasteiger partial charge in [0.05, 0.1) is 19.2 Å². The monoisotopic (exact) mass is 302 g/mol. The fraction of sp³-hybridized carbons (Fsp3) is 0.353. The second-order valence-electron chi connectivity index (χ2n) is 5.80. The van der Waals surface area contributed by atoms with Gasteiger partial charge in [0.1, 0.15) is 11.9 Å². The first-order valence-corrected chi connectivity index (χ1v) is 7.41. The summed E-state index contributed by atoms with van der Waals surface area (Å²) in [7, 11) is 1.62. The molecular weight excluding hydrogens is 286 g/mol. The van der Waals surface area contributed by atoms with Gasteiger partial charge in [0.25, 0.3) is 0 Å². The van der Waals surface area contributed by atoms with Crippen LogP contribution in [0.3, 0.4) is 0 Å². The molecule has 0 amide bonds. The largest absolute Gasteiger partial charge is 0.497 e. The third kappa shape index (κ3) is 1.88. The van der Waals surface area contributed by atoms with E-state index in [1.807, 2.05) is 24.3 Å². The van der Waals surface area contributed by atoms with E-state index in [0.717, 1.165) is 29.8 Å². The summed E-state index contributed by atoms with van der Waals surface area (Å²) in [6.45, 7) is 0. The predicted molar refractivity (Wildman–Crippen MR) is 79.3 cm³/mol. The Hall–Kier alpha value is -2.17. The summed E-state index contributed by atoms with van der Waals surface area (Å²) in [5.41, 5.74) is 2.23. The number of anilines is 1. The van der Waals surface area contributed by atoms with E-state index in [1.165, 1.54) is 12.3 Å². The summed E-state index contributed by atoms with van der Waals surface area (Å²) in [5, 5.41) is 0. The van der Waals surface area contributed by atoms with Crippen molar-refractivity contribution in [2.75, 3.05) is 12.0 Å². The van der Waals surface area contributed by atoms with Gasteiger partial charge in [-0.15, -0.1) is 0 Å². The molecule has 3 nitrogen and oxygen atoms in total. The average molecular weight is 302 g/mol. The molecule has 4 rings (SSSR count). The Morgan fingerprint density at radius 3 is 2.68 bits per heavy atom. The van der Waals surface area contributed by atoms with Gasteiger partial charge in [-0.3, -0.25) is 0 Å². The Balaban J connectivity index is 1.77. The van der Waals surface area contributed by atoms with E-state index in [2.05, 4.69) is 9.88 Å². The van der Waals surface area contributed by atoms with Crippen molar-refractivity contribution in [3.63, 3.8) is 0 Å². The second kappa shape index (κ2) is 4.93. The molecule has 0 saturated carbocycles. The van der Waals surface area contributed by atoms with E-state index >= 15 is 0 Å². The zero-order chi connectivity index (χ0) is 15.3. The highest BCUT2D eigenvalue weighted by Gasteiger charge is 2.46. The quantitative estimate of drug-likeness (QED) is 0.785. The lowest BCUT2D eigenvalue weighted by atomic mass is 9.93. The van der Waals surface area contributed by atoms with Crippen LogP contribution in [0.4, 0.5) is 14.5 Å². The van der Waals surface area contributed by atoms with Crippen LogP contribution in [0, 0.1) is 5.95 Å². The number of hydrogen-bond donors (Lipinski definition) is 0. The van der Waals surface area contributed by atoms with Crippen LogP contribution in [-0.4, -0.2) is 18.1 Å². The van der Waals surface area contributed by atoms with Crippen molar-refractivity contribution in [3.05, 3.63) is 53.6 Å². The summed E-state index contributed by atoms with van der Waals surface area (Å²) >= 11 is 0. The van der Waals surface area contributed by atoms with Gasteiger partial charge in [-0.05, 0) is 54.3 Å². The highest BCUT2D eigenvalue weighted by atomic mass is 19.1. The molecule has 114 valence electrons. The molecule has 1 aromatic heterocycles. The molecule has 0 unspecified atom stereocenters. The van der Waals surface area contributed by atoms with E-state index in [1.54, 1.807) is 7.11 Å². The summed E-state index contributed by atoms with van der Waals surface area (Å²) in [4.78, 5) is 5.82. The summed E-state index contributed by atoms with van der Waals surface area (Å²) in [6.07, 6.45) is 1.92. The number of halogens is 2. The predicted octanol–water partition coefficient (Wildman–Crippen LogP) is 3.96. The summed E-state index contributed by atoms with van der Waals surface area (Å²) < 4.78 is 33.4. The molecule has 1 aromatic carbocycles. The van der Waals surface area contributed by atoms with Gasteiger partial charge in [-0.25, -0.2) is 9.37 Å². The van der Waals surface area contributed by atoms with Gasteiger partial charge in [-0.1, -0.05) is 0 Å². The molecular formula is C17H16F2N2O. The molecule has 5 heteroatoms. The van der Waals surface area contributed by atoms with Gasteiger partial charge >= 0.3 is 0 Å². The topological polar surface area (TPSA) is 25.4 Å². The van der Waals surface area contributed by atoms with Crippen molar-refractivity contribution in [2.24, 2.45) is 0 Å². The molecule has 0 aliphatic carbocycles. The van der Waals surface area contributed by atoms with Crippen LogP contribution in [0.25, 0.3) is 0 Å². The van der Waals surface area contributed by atoms with Gasteiger partial charge in [0.15, 0.2) is 0 Å². The maximum absolute atomic E-state index is 14.9. The number of fused-ring (bicyclic) bond motifs is 4. The number of nitrogens with zero attached hydrogens (tertiary/aromatic N) is 2. The van der Waals surface area contributed by atoms with Crippen molar-refractivity contribution in [1.82, 2.24) is 4.98 Å². The summed E-state index contributed by atoms with van der Waals surface area (Å²) in [6, 6.07) is 8.70. The number of methoxy groups -OCH3 is 1. The first kappa shape index (κ1) is 13.5. The van der Waals surface area contributed by atoms with Crippen LogP contribution in [-0.2, 0) is 0 Å². The fourth-order valence-corrected chi connectivity index (χ4v) is 3.74. The minimum atomic E-state index is -1.19. The molecule has 1 fully saturated rings. The van der Waals surface area contributed by atoms with Gasteiger partial charge < -0.3 is 9.64 Å². The first-order valence-electron chi connectivity index (χ1n) is 7.41. The van der Waals surface area contributed by atoms with Crippen molar-refractivity contribution >= 4 is 5.69 Å². The SMILES string of the molecule is COc1ccc(N2[C@@H]3CC[C@H]2[C@@H](F)c2cc(F)ncc23)cc1. The number of alkyl halides is 1. The maximum atomic E-state index is 14.9. The van der Waals surface area contributed by atoms with Crippen LogP contribution in [0.5, 0.6) is 5.75 Å². The van der Waals surface area contributed by atoms with Crippen LogP contribution < -0.4 is 9.64 Å². The van der Waals surface area contributed by atoms with Crippen molar-refractivity contribution in [3.8, 4) is 5.75 Å². The lowest BCUT2D eigenvalue weighted by Crippen LogP contribution is -2.39. The fourth-order valence-electron chi connectivity index (χ4n) is 3.74. The molecule has 22 heavy (non-hydrogen) atoms. The zero-order valence-electron chi connectivity index (χ0n) is 12.2. The third-order valence-corrected chi connectivity index (χ3v) is 4.73. The number of pyridine rings is 1. The smallest absolute Gasteiger partial charge is 0.213 e. The van der Waals surface area contributed by atoms with Crippen LogP contribution >= 0.6 is 0 Å². The van der Waals surface area contributed by atoms with Crippen LogP contribution in [0.1, 0.15) is 36.2 Å². The molecule has 3 heterocycles. The maximum Gasteiger partial charge on any atom is 0.213 e. The number of hydrogen-bond acceptors (Lipinski definition) is 3. The van der Waals surface area contributed by atoms with Crippen LogP contribution in [0.2, 0.25) is 0 Å². The number of benzene rings is 1. The van der Waals surface area contributed by atoms with Gasteiger partial charge in [0, 0.05) is 11.9 Å². The Labute approximate surface area is 127 Å². The van der Waals surface area contributed by atoms with Gasteiger partial charge in [0.2, 0.25) is 5.95 Å². The number of aromatic nitrogens is 1. The minimum absolute atomic E-state index is 0.0634. The standard InChI is InChI=1S/C17H16F2N2O/c1-22-11-4-2-10(3-5-11)21-14-6-7-15(21)17(19)12-8-16(18)20-9-13(12)14/h2-5,8-9,14-15,17H,6-7H2,1H3/t14-,15+,17+/m1/s1. The molecule has 1 saturated heterocycles. The number of ether oxygens (including phenoxy) is 1. The zero-order valence-corrected chi connectivity index (χ0v) is 12.2. The second-order valence-corrected chi connectivity index (χ2v) is 5.80. The molecule has 2 aliphatic heterocycles. The molecule has 3 atom stereocenters. The molecule has 0 spiro atoms. The van der Waals surface area contributed by atoms with Crippen LogP contribution in [0.15, 0.2) is 36.5 Å². The van der Waals surface area contributed by atoms with E-state index < -0.39 is 12.1 Å². The van der Waals surface area contributed by atoms with Gasteiger partial charge in [-0.2, -0.15) is 4.39 Å². The Morgan fingerprint density at radius 2 is 1.95 bits per heavy atom. The molecule has 2 bridgehead atoms. The minimum Gasteiger partial charge on any atom is -0.497 e. The summed E-state index contributed by atoms with van der Waals surface area (Å²) in [5.74, 6) is 0.160. The highest BCUT2D eigenvalue weighted by Crippen LogP contribution is 2.51. The molecule has 2 aromatic rings. The third-order valence-electron chi connectivity index (χ3n) is 4.73. The van der Waals surface area contributed by atoms with E-state index in [9.17, 15) is 8.78 Å². The highest BCUT2D eigenvalue weighted by molar-refractivity contribution is 5.57. The first-order chi connectivity index (χ1) is 10.7. The molecule has 2 aliphatic rings. The Kier molecular flexibility index (Phi) is 3.03. The van der Waals surface area contributed by atoms with E-state index in [-0.39, 0.29) is 12.1 Å². The lowest BCUT2D eigenvalue weighted by molar-refractivity contribution is 0.273. The van der Waals surface area contributed by atoms with Crippen molar-refractivity contribution in [2.45, 2.75) is 31.1 Å². The average Bonchev–Trinajstić information content (AvgIpc) is 2.93. The molecule has 0 radical (unpaired) electrons. The Bertz CT molecular complexity index is 704. The normalized spacial score (nSPS) is 26.0.